The van der Waals surface area contributed by atoms with Crippen LogP contribution in [0.1, 0.15) is 77.1 Å². The fourth-order valence-electron chi connectivity index (χ4n) is 13.2. The zero-order valence-corrected chi connectivity index (χ0v) is 52.2. The summed E-state index contributed by atoms with van der Waals surface area (Å²) in [5.74, 6) is 0.165. The Morgan fingerprint density at radius 1 is 0.642 bits per heavy atom. The molecule has 4 aromatic carbocycles. The summed E-state index contributed by atoms with van der Waals surface area (Å²) in [4.78, 5) is 13.2. The molecule has 426 valence electrons. The lowest BCUT2D eigenvalue weighted by molar-refractivity contribution is -0.152. The first kappa shape index (κ1) is 59.7. The summed E-state index contributed by atoms with van der Waals surface area (Å²) < 4.78 is 41.3. The zero-order valence-electron chi connectivity index (χ0n) is 48.7. The minimum Gasteiger partial charge on any atom is -0.481 e. The van der Waals surface area contributed by atoms with E-state index >= 15 is 0 Å². The fourth-order valence-corrected chi connectivity index (χ4v) is 16.2. The summed E-state index contributed by atoms with van der Waals surface area (Å²) in [6.45, 7) is 19.2. The third-order valence-electron chi connectivity index (χ3n) is 17.0. The lowest BCUT2D eigenvalue weighted by Crippen LogP contribution is -2.60. The first-order chi connectivity index (χ1) is 38.2. The number of benzene rings is 4. The van der Waals surface area contributed by atoms with Crippen LogP contribution >= 0.6 is 23.2 Å². The van der Waals surface area contributed by atoms with Crippen molar-refractivity contribution in [1.29, 1.82) is 10.5 Å². The second kappa shape index (κ2) is 22.0. The van der Waals surface area contributed by atoms with Crippen LogP contribution in [0, 0.1) is 34.5 Å². The predicted molar refractivity (Wildman–Crippen MR) is 319 cm³/mol. The summed E-state index contributed by atoms with van der Waals surface area (Å²) >= 11 is 12.9. The van der Waals surface area contributed by atoms with Gasteiger partial charge in [0, 0.05) is 48.9 Å². The van der Waals surface area contributed by atoms with Gasteiger partial charge in [0.25, 0.3) is 0 Å². The molecule has 2 aromatic heterocycles. The van der Waals surface area contributed by atoms with E-state index in [1.807, 2.05) is 79.7 Å². The van der Waals surface area contributed by atoms with Crippen molar-refractivity contribution < 1.29 is 38.0 Å². The molecule has 14 nitrogen and oxygen atoms in total. The maximum atomic E-state index is 12.7. The molecule has 0 radical (unpaired) electrons. The number of ether oxygens (including phenoxy) is 4. The molecule has 2 aliphatic heterocycles. The van der Waals surface area contributed by atoms with Crippen LogP contribution in [-0.2, 0) is 31.3 Å². The molecule has 18 heteroatoms. The molecule has 2 saturated carbocycles. The summed E-state index contributed by atoms with van der Waals surface area (Å²) in [5.41, 5.74) is -0.0572. The number of nitrogens with zero attached hydrogens (tertiary/aromatic N) is 6. The Morgan fingerprint density at radius 3 is 1.49 bits per heavy atom. The van der Waals surface area contributed by atoms with Crippen molar-refractivity contribution in [3.63, 3.8) is 0 Å². The molecule has 81 heavy (non-hydrogen) atoms. The van der Waals surface area contributed by atoms with Gasteiger partial charge in [0.15, 0.2) is 39.0 Å². The van der Waals surface area contributed by atoms with E-state index < -0.39 is 63.1 Å². The molecule has 0 amide bonds. The highest BCUT2D eigenvalue weighted by Gasteiger charge is 2.80. The molecule has 2 aliphatic carbocycles. The van der Waals surface area contributed by atoms with Gasteiger partial charge in [-0.3, -0.25) is 0 Å². The van der Waals surface area contributed by atoms with Crippen LogP contribution in [0.5, 0.6) is 23.3 Å². The minimum atomic E-state index is -2.45. The first-order valence-corrected chi connectivity index (χ1v) is 34.3. The van der Waals surface area contributed by atoms with Crippen molar-refractivity contribution >= 4 is 39.8 Å². The van der Waals surface area contributed by atoms with Crippen LogP contribution in [0.15, 0.2) is 121 Å². The van der Waals surface area contributed by atoms with Gasteiger partial charge in [0.2, 0.25) is 11.8 Å². The van der Waals surface area contributed by atoms with Crippen molar-refractivity contribution in [3.05, 3.63) is 176 Å². The Morgan fingerprint density at radius 2 is 1.06 bits per heavy atom. The maximum absolute atomic E-state index is 12.7. The summed E-state index contributed by atoms with van der Waals surface area (Å²) in [7, 11) is 6.26. The van der Waals surface area contributed by atoms with E-state index in [0.717, 1.165) is 28.8 Å². The first-order valence-electron chi connectivity index (χ1n) is 27.3. The fraction of sp³-hybridized carbons (Fsp3) is 0.429. The number of rotatable bonds is 14. The number of aliphatic hydroxyl groups excluding tert-OH is 1. The second-order valence-corrected chi connectivity index (χ2v) is 34.8. The highest BCUT2D eigenvalue weighted by molar-refractivity contribution is 6.74. The van der Waals surface area contributed by atoms with Gasteiger partial charge in [0.1, 0.15) is 21.8 Å². The molecule has 4 heterocycles. The average Bonchev–Trinajstić information content (AvgIpc) is 1.56. The van der Waals surface area contributed by atoms with Gasteiger partial charge in [-0.2, -0.15) is 10.5 Å². The average molecular weight is 1170 g/mol. The van der Waals surface area contributed by atoms with Crippen molar-refractivity contribution in [1.82, 2.24) is 19.8 Å². The number of hydrogen-bond donors (Lipinski definition) is 2. The van der Waals surface area contributed by atoms with Crippen LogP contribution in [0.25, 0.3) is 0 Å². The predicted octanol–water partition coefficient (Wildman–Crippen LogP) is 11.7. The smallest absolute Gasteiger partial charge is 0.224 e. The van der Waals surface area contributed by atoms with E-state index in [1.54, 1.807) is 37.4 Å². The van der Waals surface area contributed by atoms with Gasteiger partial charge < -0.3 is 47.8 Å². The standard InChI is InChI=1S/C36H48ClN3O4Si2.C27H26ClN3O4/c1-34(2,3)46(10,11)43-32-27(23-40(4)5)30(25-15-13-12-14-16-25)35(26-19-17-24(22-38)18-20-26)36(32,44-45(7,8)9)31-28(42-35)21-29(37)39-33(31)41-6;1-31(2)15-19-22(17-7-5-4-6-8-17)27(18-11-9-16(14-29)10-12-18)26(33,24(19)32)23-20(35-27)13-21(28)30-25(23)34-3/h12-21,27,30,32H,23H2,1-11H3;4-13,19,22,24,32-33H,15H2,1-3H3/t27-,30-,32-,35+,36+;19-,22-,24-,26+,27+/m11/s1. The zero-order chi connectivity index (χ0) is 58.8. The molecule has 0 bridgehead atoms. The number of hydrogen-bond acceptors (Lipinski definition) is 14. The number of methoxy groups -OCH3 is 2. The molecule has 0 spiro atoms. The van der Waals surface area contributed by atoms with Gasteiger partial charge in [-0.1, -0.05) is 129 Å². The van der Waals surface area contributed by atoms with E-state index in [-0.39, 0.29) is 38.6 Å². The second-order valence-electron chi connectivity index (χ2n) is 24.8. The van der Waals surface area contributed by atoms with Crippen molar-refractivity contribution in [2.45, 2.75) is 105 Å². The van der Waals surface area contributed by atoms with Gasteiger partial charge in [-0.25, -0.2) is 9.97 Å². The number of aromatic nitrogens is 2. The van der Waals surface area contributed by atoms with Crippen molar-refractivity contribution in [2.24, 2.45) is 11.8 Å². The Balaban J connectivity index is 0.000000203. The minimum absolute atomic E-state index is 0.0768. The largest absolute Gasteiger partial charge is 0.481 e. The number of aliphatic hydroxyl groups is 2. The van der Waals surface area contributed by atoms with Crippen molar-refractivity contribution in [3.8, 4) is 35.4 Å². The number of nitriles is 2. The molecule has 6 aromatic rings. The number of pyridine rings is 2. The molecule has 2 fully saturated rings. The van der Waals surface area contributed by atoms with Crippen molar-refractivity contribution in [2.75, 3.05) is 55.5 Å². The highest BCUT2D eigenvalue weighted by Crippen LogP contribution is 2.74. The van der Waals surface area contributed by atoms with Gasteiger partial charge in [-0.15, -0.1) is 0 Å². The van der Waals surface area contributed by atoms with E-state index in [4.69, 9.17) is 56.0 Å². The van der Waals surface area contributed by atoms with E-state index in [0.29, 0.717) is 40.6 Å². The molecule has 2 N–H and O–H groups in total. The van der Waals surface area contributed by atoms with Crippen LogP contribution < -0.4 is 18.9 Å². The number of fused-ring (bicyclic) bond motifs is 6. The third kappa shape index (κ3) is 9.83. The summed E-state index contributed by atoms with van der Waals surface area (Å²) in [6, 6.07) is 42.7. The van der Waals surface area contributed by atoms with Crippen LogP contribution in [0.4, 0.5) is 0 Å². The van der Waals surface area contributed by atoms with Gasteiger partial charge in [-0.05, 0) is 112 Å². The van der Waals surface area contributed by atoms with E-state index in [2.05, 4.69) is 114 Å². The van der Waals surface area contributed by atoms with Crippen LogP contribution in [0.3, 0.4) is 0 Å². The summed E-state index contributed by atoms with van der Waals surface area (Å²) in [6.07, 6.45) is -1.69. The lowest BCUT2D eigenvalue weighted by atomic mass is 9.70. The SMILES string of the molecule is COc1nc(Cl)cc2c1[C@]1(O)[C@H](O)[C@H](CN(C)C)[C@@H](c3ccccc3)[C@]1(c1ccc(C#N)cc1)O2.COc1nc(Cl)cc2c1[C@]1(O[Si](C)(C)C)[C@H](O[Si](C)(C)C(C)(C)C)[C@H](CN(C)C)[C@@H](c3ccccc3)[C@]1(c1ccc(C#N)cc1)O2. The highest BCUT2D eigenvalue weighted by atomic mass is 35.5. The Hall–Kier alpha value is -5.87. The van der Waals surface area contributed by atoms with Crippen LogP contribution in [0.2, 0.25) is 48.1 Å². The Labute approximate surface area is 489 Å². The normalized spacial score (nSPS) is 27.2. The molecule has 4 aliphatic rings. The van der Waals surface area contributed by atoms with E-state index in [9.17, 15) is 20.7 Å². The molecular formula is C63H74Cl2N6O8Si2. The van der Waals surface area contributed by atoms with Gasteiger partial charge >= 0.3 is 0 Å². The monoisotopic (exact) mass is 1170 g/mol. The molecule has 10 rings (SSSR count). The molecule has 0 unspecified atom stereocenters. The third-order valence-corrected chi connectivity index (χ3v) is 22.8. The van der Waals surface area contributed by atoms with E-state index in [1.165, 1.54) is 13.2 Å². The maximum Gasteiger partial charge on any atom is 0.224 e. The summed E-state index contributed by atoms with van der Waals surface area (Å²) in [5, 5.41) is 44.1. The topological polar surface area (TPSA) is 176 Å². The Kier molecular flexibility index (Phi) is 16.3. The molecule has 10 atom stereocenters. The molecule has 0 saturated heterocycles. The molecular weight excluding hydrogens is 1100 g/mol. The lowest BCUT2D eigenvalue weighted by Gasteiger charge is -2.49. The quantitative estimate of drug-likeness (QED) is 0.0778. The Bertz CT molecular complexity index is 3350. The van der Waals surface area contributed by atoms with Gasteiger partial charge in [0.05, 0.1) is 60.8 Å². The number of halogens is 2. The van der Waals surface area contributed by atoms with Crippen LogP contribution in [-0.4, -0.2) is 114 Å².